The number of rotatable bonds is 5. The molecule has 1 unspecified atom stereocenters. The summed E-state index contributed by atoms with van der Waals surface area (Å²) < 4.78 is 5.10. The van der Waals surface area contributed by atoms with Crippen molar-refractivity contribution in [3.05, 3.63) is 17.0 Å². The maximum absolute atomic E-state index is 12.0. The van der Waals surface area contributed by atoms with E-state index in [4.69, 9.17) is 15.6 Å². The Labute approximate surface area is 124 Å². The number of morpholine rings is 1. The molecule has 0 spiro atoms. The Balaban J connectivity index is 1.99. The summed E-state index contributed by atoms with van der Waals surface area (Å²) in [7, 11) is 0. The monoisotopic (exact) mass is 313 g/mol. The molecule has 4 N–H and O–H groups in total. The number of aliphatic carboxylic acids is 1. The zero-order chi connectivity index (χ0) is 15.4. The van der Waals surface area contributed by atoms with Gasteiger partial charge in [0.2, 0.25) is 5.91 Å². The number of anilines is 1. The molecular weight excluding hydrogens is 298 g/mol. The van der Waals surface area contributed by atoms with Crippen molar-refractivity contribution in [3.8, 4) is 0 Å². The number of carbonyl (C=O) groups excluding carboxylic acids is 2. The summed E-state index contributed by atoms with van der Waals surface area (Å²) in [4.78, 5) is 35.8. The molecule has 1 atom stereocenters. The fourth-order valence-corrected chi connectivity index (χ4v) is 2.81. The van der Waals surface area contributed by atoms with Crippen LogP contribution in [0.4, 0.5) is 5.00 Å². The highest BCUT2D eigenvalue weighted by molar-refractivity contribution is 7.14. The van der Waals surface area contributed by atoms with E-state index in [0.29, 0.717) is 18.2 Å². The number of thiophene rings is 1. The summed E-state index contributed by atoms with van der Waals surface area (Å²) in [6, 6.07) is 0.681. The van der Waals surface area contributed by atoms with Crippen LogP contribution >= 0.6 is 11.3 Å². The summed E-state index contributed by atoms with van der Waals surface area (Å²) in [5, 5.41) is 13.7. The number of nitrogens with zero attached hydrogens (tertiary/aromatic N) is 1. The van der Waals surface area contributed by atoms with E-state index in [0.717, 1.165) is 0 Å². The Morgan fingerprint density at radius 2 is 2.29 bits per heavy atom. The number of nitrogens with one attached hydrogen (secondary N) is 1. The molecule has 1 aromatic heterocycles. The van der Waals surface area contributed by atoms with Crippen molar-refractivity contribution in [2.75, 3.05) is 31.6 Å². The molecule has 0 aliphatic carbocycles. The van der Waals surface area contributed by atoms with Crippen LogP contribution in [0.1, 0.15) is 10.4 Å². The first kappa shape index (κ1) is 15.4. The maximum Gasteiger partial charge on any atom is 0.323 e. The van der Waals surface area contributed by atoms with Crippen LogP contribution in [0.15, 0.2) is 11.4 Å². The molecule has 8 nitrogen and oxygen atoms in total. The van der Waals surface area contributed by atoms with E-state index >= 15 is 0 Å². The Kier molecular flexibility index (Phi) is 4.89. The molecule has 2 heterocycles. The van der Waals surface area contributed by atoms with Gasteiger partial charge in [0.1, 0.15) is 11.0 Å². The van der Waals surface area contributed by atoms with E-state index in [9.17, 15) is 14.4 Å². The van der Waals surface area contributed by atoms with Crippen molar-refractivity contribution in [3.63, 3.8) is 0 Å². The van der Waals surface area contributed by atoms with Crippen LogP contribution in [0.2, 0.25) is 0 Å². The lowest BCUT2D eigenvalue weighted by molar-refractivity contribution is -0.150. The number of carboxylic acid groups (broad SMARTS) is 1. The molecule has 1 aromatic rings. The first-order chi connectivity index (χ1) is 9.99. The fraction of sp³-hybridized carbons (Fsp3) is 0.417. The third kappa shape index (κ3) is 3.78. The van der Waals surface area contributed by atoms with Crippen molar-refractivity contribution in [2.24, 2.45) is 5.73 Å². The lowest BCUT2D eigenvalue weighted by Gasteiger charge is -2.31. The average molecular weight is 313 g/mol. The van der Waals surface area contributed by atoms with E-state index in [1.807, 2.05) is 0 Å². The quantitative estimate of drug-likeness (QED) is 0.678. The molecule has 21 heavy (non-hydrogen) atoms. The normalized spacial score (nSPS) is 19.1. The van der Waals surface area contributed by atoms with Crippen molar-refractivity contribution >= 4 is 34.1 Å². The zero-order valence-electron chi connectivity index (χ0n) is 11.1. The Bertz CT molecular complexity index is 559. The maximum atomic E-state index is 12.0. The molecular formula is C12H15N3O5S. The number of nitrogens with two attached hydrogens (primary N) is 1. The van der Waals surface area contributed by atoms with Gasteiger partial charge in [-0.15, -0.1) is 11.3 Å². The molecule has 0 aromatic carbocycles. The fourth-order valence-electron chi connectivity index (χ4n) is 2.01. The van der Waals surface area contributed by atoms with Crippen LogP contribution in [-0.2, 0) is 14.3 Å². The first-order valence-electron chi connectivity index (χ1n) is 6.20. The average Bonchev–Trinajstić information content (AvgIpc) is 2.87. The molecule has 0 bridgehead atoms. The Hall–Kier alpha value is -1.97. The van der Waals surface area contributed by atoms with Crippen LogP contribution in [0.5, 0.6) is 0 Å². The van der Waals surface area contributed by atoms with Gasteiger partial charge in [-0.1, -0.05) is 0 Å². The molecule has 1 fully saturated rings. The predicted molar refractivity (Wildman–Crippen MR) is 75.3 cm³/mol. The van der Waals surface area contributed by atoms with Crippen LogP contribution in [0.25, 0.3) is 0 Å². The lowest BCUT2D eigenvalue weighted by Crippen LogP contribution is -2.52. The van der Waals surface area contributed by atoms with Gasteiger partial charge in [0, 0.05) is 6.54 Å². The van der Waals surface area contributed by atoms with Gasteiger partial charge in [-0.25, -0.2) is 0 Å². The number of hydrogen-bond donors (Lipinski definition) is 3. The zero-order valence-corrected chi connectivity index (χ0v) is 11.9. The molecule has 1 aliphatic rings. The van der Waals surface area contributed by atoms with Crippen LogP contribution in [-0.4, -0.2) is 60.1 Å². The Morgan fingerprint density at radius 3 is 2.95 bits per heavy atom. The van der Waals surface area contributed by atoms with Gasteiger partial charge in [0.05, 0.1) is 25.3 Å². The van der Waals surface area contributed by atoms with Gasteiger partial charge in [-0.05, 0) is 11.4 Å². The van der Waals surface area contributed by atoms with Gasteiger partial charge >= 0.3 is 5.97 Å². The Morgan fingerprint density at radius 1 is 1.52 bits per heavy atom. The van der Waals surface area contributed by atoms with Crippen molar-refractivity contribution in [1.82, 2.24) is 4.90 Å². The smallest absolute Gasteiger partial charge is 0.323 e. The minimum Gasteiger partial charge on any atom is -0.480 e. The van der Waals surface area contributed by atoms with Crippen molar-refractivity contribution in [1.29, 1.82) is 0 Å². The largest absolute Gasteiger partial charge is 0.480 e. The summed E-state index contributed by atoms with van der Waals surface area (Å²) >= 11 is 1.18. The molecule has 1 saturated heterocycles. The second-order valence-corrected chi connectivity index (χ2v) is 5.39. The van der Waals surface area contributed by atoms with E-state index in [-0.39, 0.29) is 18.7 Å². The van der Waals surface area contributed by atoms with Crippen LogP contribution < -0.4 is 11.1 Å². The highest BCUT2D eigenvalue weighted by atomic mass is 32.1. The molecule has 0 saturated carbocycles. The molecule has 2 rings (SSSR count). The number of carboxylic acids is 1. The van der Waals surface area contributed by atoms with Gasteiger partial charge in [-0.2, -0.15) is 0 Å². The number of primary amides is 1. The highest BCUT2D eigenvalue weighted by Gasteiger charge is 2.30. The molecule has 0 radical (unpaired) electrons. The molecule has 114 valence electrons. The number of amides is 2. The third-order valence-corrected chi connectivity index (χ3v) is 3.88. The van der Waals surface area contributed by atoms with Gasteiger partial charge in [0.15, 0.2) is 0 Å². The second kappa shape index (κ2) is 6.66. The van der Waals surface area contributed by atoms with Gasteiger partial charge in [0.25, 0.3) is 5.91 Å². The summed E-state index contributed by atoms with van der Waals surface area (Å²) in [5.41, 5.74) is 5.43. The minimum absolute atomic E-state index is 0.0498. The van der Waals surface area contributed by atoms with Gasteiger partial charge < -0.3 is 20.9 Å². The summed E-state index contributed by atoms with van der Waals surface area (Å²) in [6.45, 7) is 0.699. The summed E-state index contributed by atoms with van der Waals surface area (Å²) in [5.74, 6) is -2.05. The topological polar surface area (TPSA) is 122 Å². The van der Waals surface area contributed by atoms with E-state index < -0.39 is 23.8 Å². The van der Waals surface area contributed by atoms with Gasteiger partial charge in [-0.3, -0.25) is 19.3 Å². The standard InChI is InChI=1S/C12H15N3O5S/c13-10(17)7-1-4-21-11(7)14-9(16)5-15-2-3-20-6-8(15)12(18)19/h1,4,8H,2-3,5-6H2,(H2,13,17)(H,14,16)(H,18,19). The lowest BCUT2D eigenvalue weighted by atomic mass is 10.2. The van der Waals surface area contributed by atoms with E-state index in [1.165, 1.54) is 22.3 Å². The van der Waals surface area contributed by atoms with Crippen molar-refractivity contribution in [2.45, 2.75) is 6.04 Å². The van der Waals surface area contributed by atoms with E-state index in [2.05, 4.69) is 5.32 Å². The SMILES string of the molecule is NC(=O)c1ccsc1NC(=O)CN1CCOCC1C(=O)O. The van der Waals surface area contributed by atoms with Crippen LogP contribution in [0.3, 0.4) is 0 Å². The summed E-state index contributed by atoms with van der Waals surface area (Å²) in [6.07, 6.45) is 0. The first-order valence-corrected chi connectivity index (χ1v) is 7.08. The highest BCUT2D eigenvalue weighted by Crippen LogP contribution is 2.22. The second-order valence-electron chi connectivity index (χ2n) is 4.48. The molecule has 1 aliphatic heterocycles. The minimum atomic E-state index is -1.03. The van der Waals surface area contributed by atoms with Crippen molar-refractivity contribution < 1.29 is 24.2 Å². The third-order valence-electron chi connectivity index (χ3n) is 3.05. The predicted octanol–water partition coefficient (Wildman–Crippen LogP) is -0.429. The number of hydrogen-bond acceptors (Lipinski definition) is 6. The van der Waals surface area contributed by atoms with Crippen LogP contribution in [0, 0.1) is 0 Å². The van der Waals surface area contributed by atoms with E-state index in [1.54, 1.807) is 5.38 Å². The molecule has 2 amide bonds. The number of carbonyl (C=O) groups is 3. The molecule has 9 heteroatoms. The number of ether oxygens (including phenoxy) is 1.